The third-order valence-electron chi connectivity index (χ3n) is 5.84. The quantitative estimate of drug-likeness (QED) is 0.533. The number of halogens is 3. The van der Waals surface area contributed by atoms with Crippen molar-refractivity contribution in [2.45, 2.75) is 76.4 Å². The first kappa shape index (κ1) is 23.7. The van der Waals surface area contributed by atoms with Gasteiger partial charge in [-0.2, -0.15) is 13.2 Å². The Morgan fingerprint density at radius 1 is 1.23 bits per heavy atom. The number of hydrogen-bond donors (Lipinski definition) is 2. The Morgan fingerprint density at radius 2 is 1.97 bits per heavy atom. The number of unbranched alkanes of at least 4 members (excludes halogenated alkanes) is 5. The minimum Gasteiger partial charge on any atom is -0.493 e. The molecule has 1 saturated heterocycles. The zero-order valence-electron chi connectivity index (χ0n) is 18.1. The molecule has 2 heterocycles. The molecular formula is C22H32F3N3O3. The first-order valence-corrected chi connectivity index (χ1v) is 11.0. The van der Waals surface area contributed by atoms with Gasteiger partial charge in [0.2, 0.25) is 6.23 Å². The highest BCUT2D eigenvalue weighted by molar-refractivity contribution is 5.99. The number of aliphatic hydroxyl groups excluding tert-OH is 1. The van der Waals surface area contributed by atoms with Crippen molar-refractivity contribution < 1.29 is 27.9 Å². The van der Waals surface area contributed by atoms with Gasteiger partial charge in [0.1, 0.15) is 5.75 Å². The molecule has 3 unspecified atom stereocenters. The summed E-state index contributed by atoms with van der Waals surface area (Å²) in [7, 11) is 1.86. The maximum Gasteiger partial charge on any atom is 0.419 e. The zero-order valence-corrected chi connectivity index (χ0v) is 18.1. The van der Waals surface area contributed by atoms with E-state index in [2.05, 4.69) is 17.4 Å². The molecule has 1 fully saturated rings. The number of aliphatic hydroxyl groups is 1. The average Bonchev–Trinajstić information content (AvgIpc) is 3.33. The number of alkyl halides is 3. The predicted molar refractivity (Wildman–Crippen MR) is 112 cm³/mol. The van der Waals surface area contributed by atoms with Crippen LogP contribution in [-0.2, 0) is 11.0 Å². The largest absolute Gasteiger partial charge is 0.493 e. The molecule has 0 amide bonds. The van der Waals surface area contributed by atoms with Gasteiger partial charge in [-0.25, -0.2) is 0 Å². The molecule has 0 saturated carbocycles. The van der Waals surface area contributed by atoms with Gasteiger partial charge >= 0.3 is 6.18 Å². The minimum atomic E-state index is -4.55. The van der Waals surface area contributed by atoms with Crippen LogP contribution in [0, 0.1) is 0 Å². The number of amidine groups is 1. The maximum atomic E-state index is 13.6. The topological polar surface area (TPSA) is 66.3 Å². The lowest BCUT2D eigenvalue weighted by Crippen LogP contribution is -2.50. The number of oxime groups is 1. The van der Waals surface area contributed by atoms with Gasteiger partial charge in [0, 0.05) is 12.1 Å². The first-order chi connectivity index (χ1) is 14.8. The number of ether oxygens (including phenoxy) is 1. The summed E-state index contributed by atoms with van der Waals surface area (Å²) in [5.41, 5.74) is -0.571. The summed E-state index contributed by atoms with van der Waals surface area (Å²) in [5.74, 6) is 0.0392. The van der Waals surface area contributed by atoms with E-state index in [1.807, 2.05) is 11.9 Å². The fourth-order valence-corrected chi connectivity index (χ4v) is 4.05. The Labute approximate surface area is 181 Å². The predicted octanol–water partition coefficient (Wildman–Crippen LogP) is 4.12. The van der Waals surface area contributed by atoms with Crippen LogP contribution in [0.3, 0.4) is 0 Å². The smallest absolute Gasteiger partial charge is 0.419 e. The van der Waals surface area contributed by atoms with E-state index >= 15 is 0 Å². The van der Waals surface area contributed by atoms with E-state index in [9.17, 15) is 18.3 Å². The number of likely N-dealkylation sites (N-methyl/N-ethyl adjacent to an activating group) is 1. The lowest BCUT2D eigenvalue weighted by Gasteiger charge is -2.26. The Bertz CT molecular complexity index is 747. The second-order valence-electron chi connectivity index (χ2n) is 8.26. The zero-order chi connectivity index (χ0) is 22.4. The highest BCUT2D eigenvalue weighted by Crippen LogP contribution is 2.37. The van der Waals surface area contributed by atoms with Crippen molar-refractivity contribution in [1.29, 1.82) is 0 Å². The van der Waals surface area contributed by atoms with E-state index in [0.717, 1.165) is 38.2 Å². The fraction of sp³-hybridized carbons (Fsp3) is 0.682. The van der Waals surface area contributed by atoms with Crippen LogP contribution in [-0.4, -0.2) is 54.4 Å². The number of nitrogens with zero attached hydrogens (tertiary/aromatic N) is 2. The SMILES string of the molecule is CCCCCCCCOc1ccc(C2=NOC(C3C(O)CCN3C)N2)cc1C(F)(F)F. The molecule has 1 aromatic carbocycles. The van der Waals surface area contributed by atoms with Crippen molar-refractivity contribution >= 4 is 5.84 Å². The van der Waals surface area contributed by atoms with E-state index in [-0.39, 0.29) is 29.8 Å². The Morgan fingerprint density at radius 3 is 2.65 bits per heavy atom. The summed E-state index contributed by atoms with van der Waals surface area (Å²) < 4.78 is 46.4. The molecule has 9 heteroatoms. The van der Waals surface area contributed by atoms with Gasteiger partial charge in [-0.1, -0.05) is 44.2 Å². The van der Waals surface area contributed by atoms with E-state index in [1.165, 1.54) is 18.6 Å². The molecule has 1 aromatic rings. The monoisotopic (exact) mass is 443 g/mol. The second-order valence-corrected chi connectivity index (χ2v) is 8.26. The third-order valence-corrected chi connectivity index (χ3v) is 5.84. The van der Waals surface area contributed by atoms with Crippen molar-refractivity contribution in [2.75, 3.05) is 20.2 Å². The molecule has 174 valence electrons. The number of rotatable bonds is 10. The molecule has 0 aliphatic carbocycles. The number of likely N-dealkylation sites (tertiary alicyclic amines) is 1. The Balaban J connectivity index is 1.62. The molecule has 6 nitrogen and oxygen atoms in total. The molecule has 0 bridgehead atoms. The third kappa shape index (κ3) is 6.04. The number of benzene rings is 1. The van der Waals surface area contributed by atoms with Gasteiger partial charge in [-0.05, 0) is 38.1 Å². The van der Waals surface area contributed by atoms with Crippen LogP contribution in [0.25, 0.3) is 0 Å². The van der Waals surface area contributed by atoms with Crippen LogP contribution in [0.2, 0.25) is 0 Å². The molecule has 3 atom stereocenters. The summed E-state index contributed by atoms with van der Waals surface area (Å²) in [6.45, 7) is 3.11. The van der Waals surface area contributed by atoms with Crippen LogP contribution < -0.4 is 10.1 Å². The maximum absolute atomic E-state index is 13.6. The molecule has 3 rings (SSSR count). The van der Waals surface area contributed by atoms with E-state index < -0.39 is 24.1 Å². The van der Waals surface area contributed by atoms with Crippen molar-refractivity contribution in [3.05, 3.63) is 29.3 Å². The highest BCUT2D eigenvalue weighted by Gasteiger charge is 2.41. The lowest BCUT2D eigenvalue weighted by molar-refractivity contribution is -0.139. The molecule has 2 aliphatic rings. The number of nitrogens with one attached hydrogen (secondary N) is 1. The molecular weight excluding hydrogens is 411 g/mol. The van der Waals surface area contributed by atoms with Gasteiger partial charge in [-0.3, -0.25) is 4.90 Å². The van der Waals surface area contributed by atoms with Gasteiger partial charge in [-0.15, -0.1) is 0 Å². The second kappa shape index (κ2) is 10.5. The first-order valence-electron chi connectivity index (χ1n) is 11.0. The van der Waals surface area contributed by atoms with Gasteiger partial charge in [0.15, 0.2) is 5.84 Å². The van der Waals surface area contributed by atoms with Crippen LogP contribution in [0.4, 0.5) is 13.2 Å². The van der Waals surface area contributed by atoms with Gasteiger partial charge < -0.3 is 20.0 Å². The summed E-state index contributed by atoms with van der Waals surface area (Å²) >= 11 is 0. The summed E-state index contributed by atoms with van der Waals surface area (Å²) in [6.07, 6.45) is 1.08. The molecule has 0 radical (unpaired) electrons. The van der Waals surface area contributed by atoms with Crippen LogP contribution >= 0.6 is 0 Å². The van der Waals surface area contributed by atoms with Gasteiger partial charge in [0.25, 0.3) is 0 Å². The van der Waals surface area contributed by atoms with E-state index in [0.29, 0.717) is 13.0 Å². The standard InChI is InChI=1S/C22H32F3N3O3/c1-3-4-5-6-7-8-13-30-18-10-9-15(14-16(18)22(23,24)25)20-26-21(31-27-20)19-17(29)11-12-28(19)2/h9-10,14,17,19,21,29H,3-8,11-13H2,1-2H3,(H,26,27). The summed E-state index contributed by atoms with van der Waals surface area (Å²) in [4.78, 5) is 7.33. The fourth-order valence-electron chi connectivity index (χ4n) is 4.05. The highest BCUT2D eigenvalue weighted by atomic mass is 19.4. The number of hydrogen-bond acceptors (Lipinski definition) is 6. The van der Waals surface area contributed by atoms with Crippen molar-refractivity contribution in [3.63, 3.8) is 0 Å². The van der Waals surface area contributed by atoms with E-state index in [1.54, 1.807) is 0 Å². The van der Waals surface area contributed by atoms with E-state index in [4.69, 9.17) is 9.57 Å². The summed E-state index contributed by atoms with van der Waals surface area (Å²) in [5, 5.41) is 17.1. The molecule has 2 aliphatic heterocycles. The van der Waals surface area contributed by atoms with Crippen molar-refractivity contribution in [1.82, 2.24) is 10.2 Å². The minimum absolute atomic E-state index is 0.174. The molecule has 2 N–H and O–H groups in total. The Hall–Kier alpha value is -2.00. The lowest BCUT2D eigenvalue weighted by atomic mass is 10.1. The normalized spacial score (nSPS) is 24.1. The van der Waals surface area contributed by atoms with Gasteiger partial charge in [0.05, 0.1) is 24.3 Å². The Kier molecular flexibility index (Phi) is 8.05. The summed E-state index contributed by atoms with van der Waals surface area (Å²) in [6, 6.07) is 3.59. The van der Waals surface area contributed by atoms with Crippen LogP contribution in [0.1, 0.15) is 63.0 Å². The average molecular weight is 444 g/mol. The molecule has 0 spiro atoms. The van der Waals surface area contributed by atoms with Crippen molar-refractivity contribution in [3.8, 4) is 5.75 Å². The van der Waals surface area contributed by atoms with Crippen LogP contribution in [0.15, 0.2) is 23.4 Å². The van der Waals surface area contributed by atoms with Crippen LogP contribution in [0.5, 0.6) is 5.75 Å². The molecule has 31 heavy (non-hydrogen) atoms. The molecule has 0 aromatic heterocycles. The van der Waals surface area contributed by atoms with Crippen molar-refractivity contribution in [2.24, 2.45) is 5.16 Å².